The molecule has 0 atom stereocenters. The molecular formula is C8H5F4NO. The van der Waals surface area contributed by atoms with Gasteiger partial charge in [0.05, 0.1) is 0 Å². The van der Waals surface area contributed by atoms with Crippen LogP contribution >= 0.6 is 0 Å². The minimum atomic E-state index is -1.86. The van der Waals surface area contributed by atoms with Crippen molar-refractivity contribution in [1.29, 1.82) is 0 Å². The van der Waals surface area contributed by atoms with E-state index in [2.05, 4.69) is 10.1 Å². The van der Waals surface area contributed by atoms with E-state index in [0.717, 1.165) is 0 Å². The minimum Gasteiger partial charge on any atom is -0.486 e. The maximum Gasteiger partial charge on any atom is 0.206 e. The maximum absolute atomic E-state index is 13.0. The van der Waals surface area contributed by atoms with Gasteiger partial charge in [-0.25, -0.2) is 13.2 Å². The summed E-state index contributed by atoms with van der Waals surface area (Å²) >= 11 is 0. The molecule has 0 spiro atoms. The molecule has 2 rings (SSSR count). The Morgan fingerprint density at radius 1 is 0.929 bits per heavy atom. The largest absolute Gasteiger partial charge is 0.486 e. The Labute approximate surface area is 76.5 Å². The molecule has 0 fully saturated rings. The number of hydrogen-bond donors (Lipinski definition) is 1. The van der Waals surface area contributed by atoms with E-state index in [0.29, 0.717) is 0 Å². The number of halogens is 4. The molecule has 1 N–H and O–H groups in total. The van der Waals surface area contributed by atoms with Crippen LogP contribution in [0.3, 0.4) is 0 Å². The van der Waals surface area contributed by atoms with E-state index in [4.69, 9.17) is 0 Å². The quantitative estimate of drug-likeness (QED) is 0.399. The first-order valence-corrected chi connectivity index (χ1v) is 3.85. The molecular weight excluding hydrogens is 202 g/mol. The van der Waals surface area contributed by atoms with Crippen LogP contribution < -0.4 is 10.1 Å². The molecule has 76 valence electrons. The normalized spacial score (nSPS) is 14.3. The van der Waals surface area contributed by atoms with Crippen LogP contribution in [-0.4, -0.2) is 13.2 Å². The zero-order valence-corrected chi connectivity index (χ0v) is 6.83. The Morgan fingerprint density at radius 3 is 2.29 bits per heavy atom. The van der Waals surface area contributed by atoms with Gasteiger partial charge in [-0.05, 0) is 0 Å². The van der Waals surface area contributed by atoms with Gasteiger partial charge in [-0.3, -0.25) is 0 Å². The molecule has 0 bridgehead atoms. The number of anilines is 1. The molecule has 0 aromatic heterocycles. The third kappa shape index (κ3) is 1.10. The highest BCUT2D eigenvalue weighted by Gasteiger charge is 2.28. The van der Waals surface area contributed by atoms with Crippen LogP contribution in [0, 0.1) is 23.3 Å². The number of nitrogens with one attached hydrogen (secondary N) is 1. The summed E-state index contributed by atoms with van der Waals surface area (Å²) in [6.07, 6.45) is 0. The van der Waals surface area contributed by atoms with Crippen LogP contribution in [0.2, 0.25) is 0 Å². The van der Waals surface area contributed by atoms with Crippen molar-refractivity contribution in [2.75, 3.05) is 18.5 Å². The Kier molecular flexibility index (Phi) is 1.98. The molecule has 0 unspecified atom stereocenters. The van der Waals surface area contributed by atoms with Crippen molar-refractivity contribution in [2.24, 2.45) is 0 Å². The van der Waals surface area contributed by atoms with Crippen LogP contribution in [0.1, 0.15) is 0 Å². The lowest BCUT2D eigenvalue weighted by molar-refractivity contribution is 0.288. The summed E-state index contributed by atoms with van der Waals surface area (Å²) in [5, 5.41) is 2.39. The summed E-state index contributed by atoms with van der Waals surface area (Å²) in [6, 6.07) is 0. The summed E-state index contributed by atoms with van der Waals surface area (Å²) in [5.74, 6) is -7.26. The second-order valence-corrected chi connectivity index (χ2v) is 2.74. The van der Waals surface area contributed by atoms with Crippen LogP contribution in [0.4, 0.5) is 23.2 Å². The number of benzene rings is 1. The molecule has 0 saturated heterocycles. The fraction of sp³-hybridized carbons (Fsp3) is 0.250. The first-order valence-electron chi connectivity index (χ1n) is 3.85. The van der Waals surface area contributed by atoms with Crippen molar-refractivity contribution in [2.45, 2.75) is 0 Å². The van der Waals surface area contributed by atoms with Crippen LogP contribution in [0.15, 0.2) is 0 Å². The van der Waals surface area contributed by atoms with Crippen molar-refractivity contribution in [3.63, 3.8) is 0 Å². The Bertz CT molecular complexity index is 357. The van der Waals surface area contributed by atoms with Gasteiger partial charge in [-0.2, -0.15) is 4.39 Å². The fourth-order valence-corrected chi connectivity index (χ4v) is 1.23. The average Bonchev–Trinajstić information content (AvgIpc) is 2.23. The molecule has 1 aliphatic rings. The molecule has 1 heterocycles. The summed E-state index contributed by atoms with van der Waals surface area (Å²) < 4.78 is 56.0. The lowest BCUT2D eigenvalue weighted by Gasteiger charge is -2.20. The van der Waals surface area contributed by atoms with Gasteiger partial charge in [-0.1, -0.05) is 0 Å². The number of fused-ring (bicyclic) bond motifs is 1. The standard InChI is InChI=1S/C8H5F4NO/c9-3-4(10)6(12)8-7(5(3)11)13-1-2-14-8/h13H,1-2H2. The summed E-state index contributed by atoms with van der Waals surface area (Å²) in [5.41, 5.74) is -0.465. The number of rotatable bonds is 0. The summed E-state index contributed by atoms with van der Waals surface area (Å²) in [7, 11) is 0. The Balaban J connectivity index is 2.71. The van der Waals surface area contributed by atoms with Crippen molar-refractivity contribution in [1.82, 2.24) is 0 Å². The van der Waals surface area contributed by atoms with E-state index < -0.39 is 34.7 Å². The molecule has 1 aromatic carbocycles. The number of hydrogen-bond acceptors (Lipinski definition) is 2. The maximum atomic E-state index is 13.0. The first-order chi connectivity index (χ1) is 6.63. The van der Waals surface area contributed by atoms with E-state index in [1.807, 2.05) is 0 Å². The van der Waals surface area contributed by atoms with E-state index in [1.54, 1.807) is 0 Å². The molecule has 0 saturated carbocycles. The zero-order chi connectivity index (χ0) is 10.3. The van der Waals surface area contributed by atoms with Crippen LogP contribution in [0.5, 0.6) is 5.75 Å². The molecule has 1 aliphatic heterocycles. The minimum absolute atomic E-state index is 0.0778. The second kappa shape index (κ2) is 3.04. The van der Waals surface area contributed by atoms with Gasteiger partial charge >= 0.3 is 0 Å². The predicted molar refractivity (Wildman–Crippen MR) is 40.3 cm³/mol. The van der Waals surface area contributed by atoms with Crippen molar-refractivity contribution >= 4 is 5.69 Å². The fourth-order valence-electron chi connectivity index (χ4n) is 1.23. The Morgan fingerprint density at radius 2 is 1.57 bits per heavy atom. The Hall–Kier alpha value is -1.46. The van der Waals surface area contributed by atoms with E-state index in [9.17, 15) is 17.6 Å². The van der Waals surface area contributed by atoms with Gasteiger partial charge in [-0.15, -0.1) is 0 Å². The number of ether oxygens (including phenoxy) is 1. The highest BCUT2D eigenvalue weighted by molar-refractivity contribution is 5.60. The molecule has 6 heteroatoms. The second-order valence-electron chi connectivity index (χ2n) is 2.74. The van der Waals surface area contributed by atoms with Gasteiger partial charge in [0.25, 0.3) is 0 Å². The monoisotopic (exact) mass is 207 g/mol. The third-order valence-corrected chi connectivity index (χ3v) is 1.87. The molecule has 2 nitrogen and oxygen atoms in total. The highest BCUT2D eigenvalue weighted by atomic mass is 19.2. The molecule has 0 amide bonds. The van der Waals surface area contributed by atoms with Crippen LogP contribution in [0.25, 0.3) is 0 Å². The third-order valence-electron chi connectivity index (χ3n) is 1.87. The van der Waals surface area contributed by atoms with Crippen molar-refractivity contribution in [3.8, 4) is 5.75 Å². The van der Waals surface area contributed by atoms with E-state index >= 15 is 0 Å². The predicted octanol–water partition coefficient (Wildman–Crippen LogP) is 2.05. The van der Waals surface area contributed by atoms with E-state index in [1.165, 1.54) is 0 Å². The first kappa shape index (κ1) is 9.11. The van der Waals surface area contributed by atoms with E-state index in [-0.39, 0.29) is 13.2 Å². The van der Waals surface area contributed by atoms with Gasteiger partial charge in [0.2, 0.25) is 11.6 Å². The lowest BCUT2D eigenvalue weighted by Crippen LogP contribution is -2.21. The highest BCUT2D eigenvalue weighted by Crippen LogP contribution is 2.36. The average molecular weight is 207 g/mol. The van der Waals surface area contributed by atoms with Crippen molar-refractivity contribution in [3.05, 3.63) is 23.3 Å². The summed E-state index contributed by atoms with van der Waals surface area (Å²) in [6.45, 7) is 0.295. The topological polar surface area (TPSA) is 21.3 Å². The van der Waals surface area contributed by atoms with Gasteiger partial charge in [0, 0.05) is 6.54 Å². The summed E-state index contributed by atoms with van der Waals surface area (Å²) in [4.78, 5) is 0. The lowest BCUT2D eigenvalue weighted by atomic mass is 10.2. The smallest absolute Gasteiger partial charge is 0.206 e. The molecule has 1 aromatic rings. The van der Waals surface area contributed by atoms with Gasteiger partial charge in [0.1, 0.15) is 12.3 Å². The SMILES string of the molecule is Fc1c(F)c(F)c2c(c1F)NCCO2. The zero-order valence-electron chi connectivity index (χ0n) is 6.83. The van der Waals surface area contributed by atoms with Crippen LogP contribution in [-0.2, 0) is 0 Å². The molecule has 0 aliphatic carbocycles. The molecule has 0 radical (unpaired) electrons. The van der Waals surface area contributed by atoms with Gasteiger partial charge in [0.15, 0.2) is 17.4 Å². The molecule has 14 heavy (non-hydrogen) atoms. The van der Waals surface area contributed by atoms with Crippen molar-refractivity contribution < 1.29 is 22.3 Å². The van der Waals surface area contributed by atoms with Gasteiger partial charge < -0.3 is 10.1 Å².